The first-order valence-corrected chi connectivity index (χ1v) is 10.9. The summed E-state index contributed by atoms with van der Waals surface area (Å²) in [7, 11) is -4.08. The molecule has 1 atom stereocenters. The lowest BCUT2D eigenvalue weighted by Gasteiger charge is -2.29. The molecule has 0 bridgehead atoms. The molecule has 0 aliphatic carbocycles. The highest BCUT2D eigenvalue weighted by atomic mass is 32.2. The topological polar surface area (TPSA) is 104 Å². The number of carbonyl (C=O) groups is 1. The molecule has 0 radical (unpaired) electrons. The van der Waals surface area contributed by atoms with Gasteiger partial charge in [0.25, 0.3) is 0 Å². The van der Waals surface area contributed by atoms with Gasteiger partial charge >= 0.3 is 5.97 Å². The number of carboxylic acids is 1. The first kappa shape index (κ1) is 21.5. The normalized spacial score (nSPS) is 13.5. The van der Waals surface area contributed by atoms with Crippen molar-refractivity contribution in [1.29, 1.82) is 0 Å². The zero-order valence-electron chi connectivity index (χ0n) is 16.4. The van der Waals surface area contributed by atoms with Gasteiger partial charge in [0.2, 0.25) is 10.0 Å². The summed E-state index contributed by atoms with van der Waals surface area (Å²) in [6, 6.07) is 21.9. The van der Waals surface area contributed by atoms with Crippen LogP contribution in [0.15, 0.2) is 83.8 Å². The maximum atomic E-state index is 13.0. The summed E-state index contributed by atoms with van der Waals surface area (Å²) >= 11 is 0. The fourth-order valence-electron chi connectivity index (χ4n) is 3.24. The third-order valence-corrected chi connectivity index (χ3v) is 6.61. The van der Waals surface area contributed by atoms with Crippen molar-refractivity contribution >= 4 is 16.0 Å². The van der Waals surface area contributed by atoms with E-state index in [-0.39, 0.29) is 23.5 Å². The number of benzene rings is 3. The molecule has 6 nitrogen and oxygen atoms in total. The van der Waals surface area contributed by atoms with Gasteiger partial charge in [0, 0.05) is 6.42 Å². The molecule has 0 saturated carbocycles. The van der Waals surface area contributed by atoms with Crippen molar-refractivity contribution in [1.82, 2.24) is 4.72 Å². The van der Waals surface area contributed by atoms with Crippen molar-refractivity contribution in [2.75, 3.05) is 0 Å². The summed E-state index contributed by atoms with van der Waals surface area (Å²) in [5.41, 5.74) is 0.696. The Morgan fingerprint density at radius 1 is 0.900 bits per heavy atom. The molecule has 0 amide bonds. The molecule has 3 aromatic rings. The van der Waals surface area contributed by atoms with Crippen LogP contribution in [0.5, 0.6) is 5.75 Å². The van der Waals surface area contributed by atoms with Crippen LogP contribution in [0.2, 0.25) is 0 Å². The Kier molecular flexibility index (Phi) is 6.24. The molecule has 0 aliphatic heterocycles. The van der Waals surface area contributed by atoms with Gasteiger partial charge in [0.1, 0.15) is 11.3 Å². The number of hydrogen-bond donors (Lipinski definition) is 3. The second-order valence-corrected chi connectivity index (χ2v) is 8.76. The predicted molar refractivity (Wildman–Crippen MR) is 115 cm³/mol. The van der Waals surface area contributed by atoms with Crippen molar-refractivity contribution in [2.45, 2.75) is 30.2 Å². The molecular formula is C23H23NO5S. The Morgan fingerprint density at radius 3 is 2.00 bits per heavy atom. The number of aromatic hydroxyl groups is 1. The van der Waals surface area contributed by atoms with Gasteiger partial charge in [-0.25, -0.2) is 8.42 Å². The molecule has 3 rings (SSSR count). The highest BCUT2D eigenvalue weighted by molar-refractivity contribution is 7.89. The predicted octanol–water partition coefficient (Wildman–Crippen LogP) is 3.81. The van der Waals surface area contributed by atoms with E-state index in [0.29, 0.717) is 5.56 Å². The molecule has 0 fully saturated rings. The molecule has 1 unspecified atom stereocenters. The summed E-state index contributed by atoms with van der Waals surface area (Å²) in [5.74, 6) is -1.21. The van der Waals surface area contributed by atoms with Crippen LogP contribution in [0.25, 0.3) is 11.1 Å². The standard InChI is InChI=1S/C23H23NO5S/c1-2-23(22(26)27,16-17-8-12-20(25)13-9-17)24-30(28,29)21-14-10-19(11-15-21)18-6-4-3-5-7-18/h3-15,24-25H,2,16H2,1H3,(H,26,27). The summed E-state index contributed by atoms with van der Waals surface area (Å²) < 4.78 is 28.4. The maximum absolute atomic E-state index is 13.0. The quantitative estimate of drug-likeness (QED) is 0.509. The van der Waals surface area contributed by atoms with E-state index in [1.54, 1.807) is 31.2 Å². The molecule has 156 valence electrons. The van der Waals surface area contributed by atoms with Crippen LogP contribution < -0.4 is 4.72 Å². The van der Waals surface area contributed by atoms with Gasteiger partial charge in [0.15, 0.2) is 0 Å². The van der Waals surface area contributed by atoms with Crippen LogP contribution in [-0.4, -0.2) is 30.1 Å². The molecule has 3 aromatic carbocycles. The van der Waals surface area contributed by atoms with Crippen molar-refractivity contribution < 1.29 is 23.4 Å². The number of aliphatic carboxylic acids is 1. The molecule has 3 N–H and O–H groups in total. The minimum atomic E-state index is -4.08. The SMILES string of the molecule is CCC(Cc1ccc(O)cc1)(NS(=O)(=O)c1ccc(-c2ccccc2)cc1)C(=O)O. The lowest BCUT2D eigenvalue weighted by Crippen LogP contribution is -2.55. The first-order chi connectivity index (χ1) is 14.3. The molecule has 0 aromatic heterocycles. The molecule has 0 heterocycles. The van der Waals surface area contributed by atoms with Crippen LogP contribution in [0.3, 0.4) is 0 Å². The summed E-state index contributed by atoms with van der Waals surface area (Å²) in [6.45, 7) is 1.62. The summed E-state index contributed by atoms with van der Waals surface area (Å²) in [6.07, 6.45) is -0.00895. The van der Waals surface area contributed by atoms with Crippen LogP contribution >= 0.6 is 0 Å². The Labute approximate surface area is 175 Å². The number of phenols is 1. The minimum absolute atomic E-state index is 0.00744. The highest BCUT2D eigenvalue weighted by Gasteiger charge is 2.41. The third kappa shape index (κ3) is 4.69. The van der Waals surface area contributed by atoms with E-state index in [0.717, 1.165) is 11.1 Å². The fourth-order valence-corrected chi connectivity index (χ4v) is 4.67. The number of hydrogen-bond acceptors (Lipinski definition) is 4. The largest absolute Gasteiger partial charge is 0.508 e. The second-order valence-electron chi connectivity index (χ2n) is 7.08. The molecule has 0 saturated heterocycles. The van der Waals surface area contributed by atoms with Gasteiger partial charge in [0.05, 0.1) is 4.90 Å². The third-order valence-electron chi connectivity index (χ3n) is 5.06. The summed E-state index contributed by atoms with van der Waals surface area (Å²) in [5, 5.41) is 19.3. The van der Waals surface area contributed by atoms with Crippen molar-refractivity contribution in [3.63, 3.8) is 0 Å². The first-order valence-electron chi connectivity index (χ1n) is 9.46. The van der Waals surface area contributed by atoms with Gasteiger partial charge in [-0.1, -0.05) is 61.5 Å². The van der Waals surface area contributed by atoms with E-state index in [1.165, 1.54) is 24.3 Å². The van der Waals surface area contributed by atoms with Gasteiger partial charge in [-0.2, -0.15) is 4.72 Å². The van der Waals surface area contributed by atoms with Crippen molar-refractivity contribution in [3.05, 3.63) is 84.4 Å². The fraction of sp³-hybridized carbons (Fsp3) is 0.174. The number of sulfonamides is 1. The highest BCUT2D eigenvalue weighted by Crippen LogP contribution is 2.25. The lowest BCUT2D eigenvalue weighted by molar-refractivity contribution is -0.144. The monoisotopic (exact) mass is 425 g/mol. The van der Waals surface area contributed by atoms with Crippen LogP contribution in [0, 0.1) is 0 Å². The Morgan fingerprint density at radius 2 is 1.47 bits per heavy atom. The Bertz CT molecular complexity index is 1110. The van der Waals surface area contributed by atoms with Crippen LogP contribution in [-0.2, 0) is 21.2 Å². The molecule has 7 heteroatoms. The summed E-state index contributed by atoms with van der Waals surface area (Å²) in [4.78, 5) is 12.1. The second kappa shape index (κ2) is 8.69. The van der Waals surface area contributed by atoms with E-state index in [2.05, 4.69) is 4.72 Å². The molecular weight excluding hydrogens is 402 g/mol. The van der Waals surface area contributed by atoms with Crippen LogP contribution in [0.4, 0.5) is 0 Å². The average Bonchev–Trinajstić information content (AvgIpc) is 2.75. The maximum Gasteiger partial charge on any atom is 0.325 e. The zero-order valence-corrected chi connectivity index (χ0v) is 17.3. The molecule has 0 aliphatic rings. The molecule has 30 heavy (non-hydrogen) atoms. The van der Waals surface area contributed by atoms with E-state index >= 15 is 0 Å². The lowest BCUT2D eigenvalue weighted by atomic mass is 9.89. The number of phenolic OH excluding ortho intramolecular Hbond substituents is 1. The van der Waals surface area contributed by atoms with Gasteiger partial charge in [-0.05, 0) is 47.4 Å². The Balaban J connectivity index is 1.89. The number of rotatable bonds is 8. The number of carboxylic acid groups (broad SMARTS) is 1. The molecule has 0 spiro atoms. The van der Waals surface area contributed by atoms with Gasteiger partial charge in [-0.15, -0.1) is 0 Å². The number of nitrogens with one attached hydrogen (secondary N) is 1. The zero-order chi connectivity index (χ0) is 21.8. The van der Waals surface area contributed by atoms with Crippen LogP contribution in [0.1, 0.15) is 18.9 Å². The van der Waals surface area contributed by atoms with E-state index < -0.39 is 21.5 Å². The Hall–Kier alpha value is -3.16. The van der Waals surface area contributed by atoms with E-state index in [1.807, 2.05) is 30.3 Å². The van der Waals surface area contributed by atoms with Crippen molar-refractivity contribution in [2.24, 2.45) is 0 Å². The smallest absolute Gasteiger partial charge is 0.325 e. The van der Waals surface area contributed by atoms with Crippen molar-refractivity contribution in [3.8, 4) is 16.9 Å². The van der Waals surface area contributed by atoms with E-state index in [4.69, 9.17) is 0 Å². The minimum Gasteiger partial charge on any atom is -0.508 e. The average molecular weight is 426 g/mol. The van der Waals surface area contributed by atoms with Gasteiger partial charge in [-0.3, -0.25) is 4.79 Å². The van der Waals surface area contributed by atoms with E-state index in [9.17, 15) is 23.4 Å². The van der Waals surface area contributed by atoms with Gasteiger partial charge < -0.3 is 10.2 Å².